The van der Waals surface area contributed by atoms with Gasteiger partial charge in [0.2, 0.25) is 0 Å². The molecule has 0 spiro atoms. The molecule has 0 saturated heterocycles. The zero-order chi connectivity index (χ0) is 16.6. The number of carbonyl (C=O) groups excluding carboxylic acids is 2. The van der Waals surface area contributed by atoms with Crippen molar-refractivity contribution in [1.82, 2.24) is 0 Å². The number of ketones is 2. The van der Waals surface area contributed by atoms with E-state index in [0.717, 1.165) is 38.5 Å². The molecular formula is C20H30O3. The van der Waals surface area contributed by atoms with Crippen molar-refractivity contribution in [2.45, 2.75) is 71.8 Å². The van der Waals surface area contributed by atoms with Gasteiger partial charge < -0.3 is 5.11 Å². The minimum Gasteiger partial charge on any atom is -0.392 e. The second kappa shape index (κ2) is 4.91. The summed E-state index contributed by atoms with van der Waals surface area (Å²) >= 11 is 0. The van der Waals surface area contributed by atoms with E-state index in [-0.39, 0.29) is 22.5 Å². The van der Waals surface area contributed by atoms with Gasteiger partial charge >= 0.3 is 0 Å². The van der Waals surface area contributed by atoms with Gasteiger partial charge in [-0.05, 0) is 54.8 Å². The number of Topliss-reactive ketones (excluding diaryl/α,β-unsaturated/α-hetero) is 2. The molecule has 4 fully saturated rings. The topological polar surface area (TPSA) is 54.4 Å². The first-order chi connectivity index (χ1) is 10.8. The Kier molecular flexibility index (Phi) is 3.37. The van der Waals surface area contributed by atoms with Gasteiger partial charge in [-0.25, -0.2) is 0 Å². The summed E-state index contributed by atoms with van der Waals surface area (Å²) in [5.41, 5.74) is -0.0823. The molecular weight excluding hydrogens is 288 g/mol. The average Bonchev–Trinajstić information content (AvgIpc) is 2.71. The molecule has 3 heteroatoms. The average molecular weight is 318 g/mol. The number of aliphatic hydroxyl groups excluding tert-OH is 1. The van der Waals surface area contributed by atoms with Crippen LogP contribution in [0.25, 0.3) is 0 Å². The van der Waals surface area contributed by atoms with Gasteiger partial charge in [0.25, 0.3) is 0 Å². The number of rotatable bonds is 0. The summed E-state index contributed by atoms with van der Waals surface area (Å²) in [6, 6.07) is 0. The maximum Gasteiger partial charge on any atom is 0.141 e. The van der Waals surface area contributed by atoms with Crippen molar-refractivity contribution < 1.29 is 14.7 Å². The van der Waals surface area contributed by atoms with E-state index in [0.29, 0.717) is 35.9 Å². The number of aliphatic hydroxyl groups is 1. The van der Waals surface area contributed by atoms with Crippen LogP contribution >= 0.6 is 0 Å². The molecule has 4 saturated carbocycles. The molecule has 0 aromatic carbocycles. The SMILES string of the molecule is C[C@H]1CC(=O)C[C@@H]2CCC3C4[C@@H](O)CC(=O)C4(C)CCC3C21C. The van der Waals surface area contributed by atoms with Crippen LogP contribution in [0.15, 0.2) is 0 Å². The van der Waals surface area contributed by atoms with Gasteiger partial charge in [0.15, 0.2) is 0 Å². The molecule has 0 aliphatic heterocycles. The lowest BCUT2D eigenvalue weighted by Crippen LogP contribution is -2.57. The Bertz CT molecular complexity index is 555. The van der Waals surface area contributed by atoms with Gasteiger partial charge in [-0.2, -0.15) is 0 Å². The fraction of sp³-hybridized carbons (Fsp3) is 0.900. The van der Waals surface area contributed by atoms with Crippen LogP contribution in [0.2, 0.25) is 0 Å². The largest absolute Gasteiger partial charge is 0.392 e. The zero-order valence-electron chi connectivity index (χ0n) is 14.7. The van der Waals surface area contributed by atoms with E-state index in [1.54, 1.807) is 0 Å². The zero-order valence-corrected chi connectivity index (χ0v) is 14.7. The molecule has 4 aliphatic carbocycles. The van der Waals surface area contributed by atoms with Crippen LogP contribution in [0.5, 0.6) is 0 Å². The Balaban J connectivity index is 1.71. The molecule has 4 rings (SSSR count). The molecule has 0 heterocycles. The van der Waals surface area contributed by atoms with Crippen molar-refractivity contribution in [3.8, 4) is 0 Å². The third kappa shape index (κ3) is 1.92. The molecule has 23 heavy (non-hydrogen) atoms. The molecule has 0 aromatic heterocycles. The molecule has 8 atom stereocenters. The van der Waals surface area contributed by atoms with E-state index in [1.807, 2.05) is 0 Å². The summed E-state index contributed by atoms with van der Waals surface area (Å²) in [6.07, 6.45) is 5.61. The third-order valence-electron chi connectivity index (χ3n) is 8.73. The first kappa shape index (κ1) is 15.8. The summed E-state index contributed by atoms with van der Waals surface area (Å²) in [7, 11) is 0. The fourth-order valence-electron chi connectivity index (χ4n) is 7.31. The van der Waals surface area contributed by atoms with Gasteiger partial charge in [-0.15, -0.1) is 0 Å². The summed E-state index contributed by atoms with van der Waals surface area (Å²) in [4.78, 5) is 24.6. The summed E-state index contributed by atoms with van der Waals surface area (Å²) < 4.78 is 0. The molecule has 128 valence electrons. The molecule has 0 bridgehead atoms. The second-order valence-corrected chi connectivity index (χ2v) is 9.44. The van der Waals surface area contributed by atoms with Crippen molar-refractivity contribution in [2.75, 3.05) is 0 Å². The first-order valence-electron chi connectivity index (χ1n) is 9.51. The lowest BCUT2D eigenvalue weighted by molar-refractivity contribution is -0.159. The number of hydrogen-bond donors (Lipinski definition) is 1. The maximum absolute atomic E-state index is 12.5. The molecule has 0 amide bonds. The lowest BCUT2D eigenvalue weighted by Gasteiger charge is -2.61. The normalized spacial score (nSPS) is 56.0. The van der Waals surface area contributed by atoms with Crippen molar-refractivity contribution in [2.24, 2.45) is 40.4 Å². The summed E-state index contributed by atoms with van der Waals surface area (Å²) in [5.74, 6) is 2.85. The number of hydrogen-bond acceptors (Lipinski definition) is 3. The van der Waals surface area contributed by atoms with Gasteiger partial charge in [-0.3, -0.25) is 9.59 Å². The predicted molar refractivity (Wildman–Crippen MR) is 87.7 cm³/mol. The van der Waals surface area contributed by atoms with E-state index < -0.39 is 6.10 Å². The van der Waals surface area contributed by atoms with Crippen LogP contribution in [0, 0.1) is 40.4 Å². The van der Waals surface area contributed by atoms with Crippen molar-refractivity contribution in [3.63, 3.8) is 0 Å². The molecule has 1 N–H and O–H groups in total. The Morgan fingerprint density at radius 1 is 1.04 bits per heavy atom. The van der Waals surface area contributed by atoms with Crippen LogP contribution in [-0.4, -0.2) is 22.8 Å². The Hall–Kier alpha value is -0.700. The molecule has 0 aromatic rings. The van der Waals surface area contributed by atoms with E-state index in [1.165, 1.54) is 0 Å². The fourth-order valence-corrected chi connectivity index (χ4v) is 7.31. The quantitative estimate of drug-likeness (QED) is 0.745. The molecule has 5 unspecified atom stereocenters. The molecule has 0 radical (unpaired) electrons. The van der Waals surface area contributed by atoms with Crippen LogP contribution in [-0.2, 0) is 9.59 Å². The van der Waals surface area contributed by atoms with Crippen LogP contribution in [0.1, 0.15) is 65.7 Å². The smallest absolute Gasteiger partial charge is 0.141 e. The van der Waals surface area contributed by atoms with Gasteiger partial charge in [0.05, 0.1) is 6.10 Å². The van der Waals surface area contributed by atoms with Crippen LogP contribution in [0.3, 0.4) is 0 Å². The Morgan fingerprint density at radius 3 is 2.52 bits per heavy atom. The highest BCUT2D eigenvalue weighted by Gasteiger charge is 2.63. The molecule has 4 aliphatic rings. The second-order valence-electron chi connectivity index (χ2n) is 9.44. The maximum atomic E-state index is 12.5. The minimum absolute atomic E-state index is 0.149. The van der Waals surface area contributed by atoms with Gasteiger partial charge in [-0.1, -0.05) is 20.8 Å². The van der Waals surface area contributed by atoms with Crippen LogP contribution in [0.4, 0.5) is 0 Å². The number of fused-ring (bicyclic) bond motifs is 5. The van der Waals surface area contributed by atoms with Crippen molar-refractivity contribution >= 4 is 11.6 Å². The lowest BCUT2D eigenvalue weighted by atomic mass is 9.43. The van der Waals surface area contributed by atoms with Crippen molar-refractivity contribution in [1.29, 1.82) is 0 Å². The summed E-state index contributed by atoms with van der Waals surface area (Å²) in [5, 5.41) is 10.6. The standard InChI is InChI=1S/C20H30O3/c1-11-8-13(21)9-12-4-5-14-15(20(11,12)3)6-7-19(2)17(23)10-16(22)18(14)19/h11-12,14-16,18,22H,4-10H2,1-3H3/t11-,12-,14?,15?,16-,18?,19?,20?/m0/s1. The minimum atomic E-state index is -0.444. The monoisotopic (exact) mass is 318 g/mol. The van der Waals surface area contributed by atoms with Crippen molar-refractivity contribution in [3.05, 3.63) is 0 Å². The van der Waals surface area contributed by atoms with Crippen LogP contribution < -0.4 is 0 Å². The summed E-state index contributed by atoms with van der Waals surface area (Å²) in [6.45, 7) is 6.78. The predicted octanol–water partition coefficient (Wildman–Crippen LogP) is 3.38. The van der Waals surface area contributed by atoms with E-state index in [9.17, 15) is 14.7 Å². The Labute approximate surface area is 139 Å². The first-order valence-corrected chi connectivity index (χ1v) is 9.51. The number of carbonyl (C=O) groups is 2. The highest BCUT2D eigenvalue weighted by Crippen LogP contribution is 2.66. The third-order valence-corrected chi connectivity index (χ3v) is 8.73. The Morgan fingerprint density at radius 2 is 1.78 bits per heavy atom. The molecule has 3 nitrogen and oxygen atoms in total. The van der Waals surface area contributed by atoms with Gasteiger partial charge in [0.1, 0.15) is 11.6 Å². The highest BCUT2D eigenvalue weighted by molar-refractivity contribution is 5.88. The van der Waals surface area contributed by atoms with E-state index in [4.69, 9.17) is 0 Å². The highest BCUT2D eigenvalue weighted by atomic mass is 16.3. The van der Waals surface area contributed by atoms with Gasteiger partial charge in [0, 0.05) is 30.6 Å². The van der Waals surface area contributed by atoms with E-state index >= 15 is 0 Å². The van der Waals surface area contributed by atoms with E-state index in [2.05, 4.69) is 20.8 Å².